The van der Waals surface area contributed by atoms with Crippen molar-refractivity contribution in [1.29, 1.82) is 0 Å². The second-order valence-electron chi connectivity index (χ2n) is 3.04. The van der Waals surface area contributed by atoms with Crippen molar-refractivity contribution in [2.75, 3.05) is 0 Å². The molecule has 1 atom stereocenters. The van der Waals surface area contributed by atoms with E-state index in [1.165, 1.54) is 18.2 Å². The van der Waals surface area contributed by atoms with E-state index in [0.29, 0.717) is 0 Å². The van der Waals surface area contributed by atoms with Gasteiger partial charge in [0.05, 0.1) is 0 Å². The van der Waals surface area contributed by atoms with E-state index in [2.05, 4.69) is 15.9 Å². The van der Waals surface area contributed by atoms with E-state index >= 15 is 0 Å². The Morgan fingerprint density at radius 2 is 1.56 bits per heavy atom. The highest BCUT2D eigenvalue weighted by atomic mass is 79.9. The Morgan fingerprint density at radius 3 is 2.00 bits per heavy atom. The molecule has 1 N–H and O–H groups in total. The largest absolute Gasteiger partial charge is 0.456 e. The third-order valence-electron chi connectivity index (χ3n) is 1.92. The van der Waals surface area contributed by atoms with Gasteiger partial charge in [-0.05, 0) is 6.07 Å². The highest BCUT2D eigenvalue weighted by Gasteiger charge is 2.62. The molecule has 0 unspecified atom stereocenters. The lowest BCUT2D eigenvalue weighted by Gasteiger charge is -2.25. The van der Waals surface area contributed by atoms with E-state index in [0.717, 1.165) is 6.07 Å². The second kappa shape index (κ2) is 4.29. The molecule has 0 aliphatic rings. The quantitative estimate of drug-likeness (QED) is 0.826. The molecule has 0 fully saturated rings. The van der Waals surface area contributed by atoms with Gasteiger partial charge in [-0.1, -0.05) is 34.1 Å². The standard InChI is InChI=1S/C9H6BrF5O/c10-6-4-2-1-3-5(6)7(16)8(11,12)9(13,14)15/h1-4,7,16H/t7-/m1/s1. The number of aliphatic hydroxyl groups is 1. The topological polar surface area (TPSA) is 20.2 Å². The van der Waals surface area contributed by atoms with Gasteiger partial charge < -0.3 is 5.11 Å². The van der Waals surface area contributed by atoms with Crippen LogP contribution in [0.2, 0.25) is 0 Å². The van der Waals surface area contributed by atoms with Gasteiger partial charge in [-0.3, -0.25) is 0 Å². The first kappa shape index (κ1) is 13.4. The smallest absolute Gasteiger partial charge is 0.382 e. The number of halogens is 6. The van der Waals surface area contributed by atoms with Crippen LogP contribution in [0.3, 0.4) is 0 Å². The first-order chi connectivity index (χ1) is 7.18. The molecule has 0 bridgehead atoms. The van der Waals surface area contributed by atoms with Gasteiger partial charge in [0.25, 0.3) is 0 Å². The molecule has 0 aliphatic heterocycles. The fourth-order valence-corrected chi connectivity index (χ4v) is 1.55. The van der Waals surface area contributed by atoms with E-state index in [-0.39, 0.29) is 4.47 Å². The van der Waals surface area contributed by atoms with E-state index in [9.17, 15) is 22.0 Å². The van der Waals surface area contributed by atoms with Crippen LogP contribution in [-0.4, -0.2) is 17.2 Å². The first-order valence-electron chi connectivity index (χ1n) is 4.05. The van der Waals surface area contributed by atoms with Gasteiger partial charge in [0.15, 0.2) is 6.10 Å². The summed E-state index contributed by atoms with van der Waals surface area (Å²) in [5, 5.41) is 9.06. The van der Waals surface area contributed by atoms with E-state index in [1.807, 2.05) is 0 Å². The molecule has 16 heavy (non-hydrogen) atoms. The Bertz CT molecular complexity index is 376. The summed E-state index contributed by atoms with van der Waals surface area (Å²) in [6, 6.07) is 4.96. The maximum atomic E-state index is 12.8. The molecule has 1 nitrogen and oxygen atoms in total. The molecule has 1 rings (SSSR count). The van der Waals surface area contributed by atoms with Gasteiger partial charge in [-0.25, -0.2) is 0 Å². The van der Waals surface area contributed by atoms with Crippen molar-refractivity contribution in [2.24, 2.45) is 0 Å². The number of aliphatic hydroxyl groups excluding tert-OH is 1. The molecule has 1 aromatic rings. The van der Waals surface area contributed by atoms with Gasteiger partial charge in [0.2, 0.25) is 0 Å². The molecule has 0 aromatic heterocycles. The molecule has 0 heterocycles. The Kier molecular flexibility index (Phi) is 3.59. The van der Waals surface area contributed by atoms with Crippen molar-refractivity contribution < 1.29 is 27.1 Å². The summed E-state index contributed by atoms with van der Waals surface area (Å²) in [4.78, 5) is 0. The van der Waals surface area contributed by atoms with Gasteiger partial charge in [0, 0.05) is 10.0 Å². The van der Waals surface area contributed by atoms with E-state index in [1.54, 1.807) is 0 Å². The number of alkyl halides is 5. The Balaban J connectivity index is 3.12. The molecule has 0 aliphatic carbocycles. The summed E-state index contributed by atoms with van der Waals surface area (Å²) in [6.45, 7) is 0. The minimum atomic E-state index is -5.79. The number of rotatable bonds is 2. The fourth-order valence-electron chi connectivity index (χ4n) is 1.05. The van der Waals surface area contributed by atoms with Gasteiger partial charge in [-0.2, -0.15) is 22.0 Å². The lowest BCUT2D eigenvalue weighted by atomic mass is 10.0. The van der Waals surface area contributed by atoms with E-state index in [4.69, 9.17) is 5.11 Å². The molecule has 7 heteroatoms. The highest BCUT2D eigenvalue weighted by Crippen LogP contribution is 2.45. The molecule has 0 radical (unpaired) electrons. The van der Waals surface area contributed by atoms with Gasteiger partial charge in [0.1, 0.15) is 0 Å². The predicted molar refractivity (Wildman–Crippen MR) is 50.1 cm³/mol. The monoisotopic (exact) mass is 304 g/mol. The summed E-state index contributed by atoms with van der Waals surface area (Å²) in [5.41, 5.74) is -0.509. The molecule has 90 valence electrons. The normalized spacial score (nSPS) is 14.9. The van der Waals surface area contributed by atoms with Crippen LogP contribution in [0.4, 0.5) is 22.0 Å². The average Bonchev–Trinajstić information content (AvgIpc) is 2.15. The van der Waals surface area contributed by atoms with Crippen molar-refractivity contribution in [3.8, 4) is 0 Å². The third-order valence-corrected chi connectivity index (χ3v) is 2.64. The average molecular weight is 305 g/mol. The molecule has 0 saturated carbocycles. The lowest BCUT2D eigenvalue weighted by Crippen LogP contribution is -2.42. The minimum absolute atomic E-state index is 0.00794. The van der Waals surface area contributed by atoms with Crippen LogP contribution in [0.1, 0.15) is 11.7 Å². The van der Waals surface area contributed by atoms with Crippen molar-refractivity contribution >= 4 is 15.9 Å². The molecule has 0 saturated heterocycles. The number of benzene rings is 1. The van der Waals surface area contributed by atoms with Crippen molar-refractivity contribution in [3.63, 3.8) is 0 Å². The Hall–Kier alpha value is -0.690. The Morgan fingerprint density at radius 1 is 1.06 bits per heavy atom. The van der Waals surface area contributed by atoms with Crippen molar-refractivity contribution in [2.45, 2.75) is 18.2 Å². The predicted octanol–water partition coefficient (Wildman–Crippen LogP) is 3.68. The molecular formula is C9H6BrF5O. The zero-order valence-electron chi connectivity index (χ0n) is 7.60. The van der Waals surface area contributed by atoms with Crippen LogP contribution >= 0.6 is 15.9 Å². The molecule has 0 amide bonds. The first-order valence-corrected chi connectivity index (χ1v) is 4.84. The summed E-state index contributed by atoms with van der Waals surface area (Å²) in [5.74, 6) is -5.18. The summed E-state index contributed by atoms with van der Waals surface area (Å²) >= 11 is 2.80. The molecular weight excluding hydrogens is 299 g/mol. The van der Waals surface area contributed by atoms with Gasteiger partial charge in [-0.15, -0.1) is 0 Å². The van der Waals surface area contributed by atoms with Crippen LogP contribution in [0.5, 0.6) is 0 Å². The van der Waals surface area contributed by atoms with Crippen LogP contribution < -0.4 is 0 Å². The number of hydrogen-bond donors (Lipinski definition) is 1. The summed E-state index contributed by atoms with van der Waals surface area (Å²) in [6.07, 6.45) is -8.72. The summed E-state index contributed by atoms with van der Waals surface area (Å²) < 4.78 is 61.5. The zero-order valence-corrected chi connectivity index (χ0v) is 9.19. The third kappa shape index (κ3) is 2.35. The molecule has 0 spiro atoms. The SMILES string of the molecule is O[C@H](c1ccccc1Br)C(F)(F)C(F)(F)F. The Labute approximate surface area is 96.0 Å². The maximum absolute atomic E-state index is 12.8. The van der Waals surface area contributed by atoms with Crippen LogP contribution in [0.25, 0.3) is 0 Å². The van der Waals surface area contributed by atoms with Crippen LogP contribution in [-0.2, 0) is 0 Å². The van der Waals surface area contributed by atoms with Crippen LogP contribution in [0.15, 0.2) is 28.7 Å². The minimum Gasteiger partial charge on any atom is -0.382 e. The van der Waals surface area contributed by atoms with Crippen molar-refractivity contribution in [3.05, 3.63) is 34.3 Å². The van der Waals surface area contributed by atoms with Gasteiger partial charge >= 0.3 is 12.1 Å². The number of hydrogen-bond acceptors (Lipinski definition) is 1. The van der Waals surface area contributed by atoms with Crippen LogP contribution in [0, 0.1) is 0 Å². The highest BCUT2D eigenvalue weighted by molar-refractivity contribution is 9.10. The fraction of sp³-hybridized carbons (Fsp3) is 0.333. The lowest BCUT2D eigenvalue weighted by molar-refractivity contribution is -0.315. The summed E-state index contributed by atoms with van der Waals surface area (Å²) in [7, 11) is 0. The zero-order chi connectivity index (χ0) is 12.6. The maximum Gasteiger partial charge on any atom is 0.456 e. The molecule has 1 aromatic carbocycles. The van der Waals surface area contributed by atoms with E-state index < -0.39 is 23.8 Å². The van der Waals surface area contributed by atoms with Crippen molar-refractivity contribution in [1.82, 2.24) is 0 Å². The second-order valence-corrected chi connectivity index (χ2v) is 3.90.